The number of halogens is 1. The van der Waals surface area contributed by atoms with Crippen LogP contribution in [0.3, 0.4) is 0 Å². The molecule has 4 nitrogen and oxygen atoms in total. The van der Waals surface area contributed by atoms with Crippen LogP contribution in [0.2, 0.25) is 0 Å². The molecule has 0 aromatic heterocycles. The number of carbonyl (C=O) groups is 2. The van der Waals surface area contributed by atoms with E-state index < -0.39 is 0 Å². The summed E-state index contributed by atoms with van der Waals surface area (Å²) < 4.78 is 0. The molecule has 1 aromatic rings. The Morgan fingerprint density at radius 3 is 2.55 bits per heavy atom. The summed E-state index contributed by atoms with van der Waals surface area (Å²) in [6.45, 7) is 5.86. The number of rotatable bonds is 4. The molecular formula is C15H19BrN2O2. The Bertz CT molecular complexity index is 514. The molecular weight excluding hydrogens is 320 g/mol. The Balaban J connectivity index is 2.36. The Morgan fingerprint density at radius 1 is 1.35 bits per heavy atom. The normalized spacial score (nSPS) is 18.4. The summed E-state index contributed by atoms with van der Waals surface area (Å²) in [6.07, 6.45) is 0.480. The maximum Gasteiger partial charge on any atom is 0.255 e. The van der Waals surface area contributed by atoms with E-state index in [2.05, 4.69) is 15.9 Å². The largest absolute Gasteiger partial charge is 0.339 e. The van der Waals surface area contributed by atoms with Crippen LogP contribution in [0.1, 0.15) is 30.6 Å². The van der Waals surface area contributed by atoms with Crippen molar-refractivity contribution in [3.63, 3.8) is 0 Å². The first-order chi connectivity index (χ1) is 9.58. The van der Waals surface area contributed by atoms with Gasteiger partial charge in [-0.3, -0.25) is 9.59 Å². The number of alkyl halides is 1. The van der Waals surface area contributed by atoms with Gasteiger partial charge in [0.15, 0.2) is 0 Å². The van der Waals surface area contributed by atoms with Gasteiger partial charge in [-0.2, -0.15) is 0 Å². The highest BCUT2D eigenvalue weighted by Gasteiger charge is 2.31. The SMILES string of the molecule is CCN(CC)C(=O)c1ccccc1N1CC(Br)CC1=O. The molecule has 0 radical (unpaired) electrons. The van der Waals surface area contributed by atoms with Crippen molar-refractivity contribution in [1.29, 1.82) is 0 Å². The Hall–Kier alpha value is -1.36. The minimum Gasteiger partial charge on any atom is -0.339 e. The number of nitrogens with zero attached hydrogens (tertiary/aromatic N) is 2. The Kier molecular flexibility index (Phi) is 4.81. The smallest absolute Gasteiger partial charge is 0.255 e. The summed E-state index contributed by atoms with van der Waals surface area (Å²) >= 11 is 3.48. The molecule has 0 spiro atoms. The monoisotopic (exact) mass is 338 g/mol. The number of hydrogen-bond acceptors (Lipinski definition) is 2. The second-order valence-electron chi connectivity index (χ2n) is 4.80. The lowest BCUT2D eigenvalue weighted by Crippen LogP contribution is -2.33. The van der Waals surface area contributed by atoms with E-state index >= 15 is 0 Å². The molecule has 1 fully saturated rings. The first kappa shape index (κ1) is 15.0. The van der Waals surface area contributed by atoms with Crippen molar-refractivity contribution in [2.75, 3.05) is 24.5 Å². The molecule has 5 heteroatoms. The summed E-state index contributed by atoms with van der Waals surface area (Å²) in [4.78, 5) is 28.2. The van der Waals surface area contributed by atoms with E-state index in [-0.39, 0.29) is 16.6 Å². The van der Waals surface area contributed by atoms with Crippen molar-refractivity contribution in [2.45, 2.75) is 25.1 Å². The van der Waals surface area contributed by atoms with Gasteiger partial charge < -0.3 is 9.80 Å². The van der Waals surface area contributed by atoms with Gasteiger partial charge in [0.1, 0.15) is 0 Å². The summed E-state index contributed by atoms with van der Waals surface area (Å²) in [5.41, 5.74) is 1.32. The highest BCUT2D eigenvalue weighted by atomic mass is 79.9. The van der Waals surface area contributed by atoms with Crippen LogP contribution in [-0.4, -0.2) is 41.2 Å². The van der Waals surface area contributed by atoms with Crippen molar-refractivity contribution in [3.8, 4) is 0 Å². The van der Waals surface area contributed by atoms with Crippen molar-refractivity contribution in [3.05, 3.63) is 29.8 Å². The number of para-hydroxylation sites is 1. The zero-order valence-electron chi connectivity index (χ0n) is 11.8. The highest BCUT2D eigenvalue weighted by Crippen LogP contribution is 2.28. The van der Waals surface area contributed by atoms with Gasteiger partial charge in [0, 0.05) is 30.9 Å². The summed E-state index contributed by atoms with van der Waals surface area (Å²) in [5.74, 6) is 0.0445. The van der Waals surface area contributed by atoms with Crippen LogP contribution in [-0.2, 0) is 4.79 Å². The number of hydrogen-bond donors (Lipinski definition) is 0. The van der Waals surface area contributed by atoms with E-state index in [1.807, 2.05) is 32.0 Å². The second kappa shape index (κ2) is 6.39. The molecule has 0 N–H and O–H groups in total. The standard InChI is InChI=1S/C15H19BrN2O2/c1-3-17(4-2)15(20)12-7-5-6-8-13(12)18-10-11(16)9-14(18)19/h5-8,11H,3-4,9-10H2,1-2H3. The quantitative estimate of drug-likeness (QED) is 0.792. The topological polar surface area (TPSA) is 40.6 Å². The van der Waals surface area contributed by atoms with Gasteiger partial charge in [-0.05, 0) is 26.0 Å². The molecule has 1 atom stereocenters. The molecule has 1 heterocycles. The fourth-order valence-electron chi connectivity index (χ4n) is 2.47. The number of amides is 2. The average Bonchev–Trinajstić information content (AvgIpc) is 2.79. The molecule has 1 aliphatic rings. The molecule has 1 unspecified atom stereocenters. The average molecular weight is 339 g/mol. The van der Waals surface area contributed by atoms with E-state index in [1.165, 1.54) is 0 Å². The second-order valence-corrected chi connectivity index (χ2v) is 6.10. The maximum atomic E-state index is 12.5. The lowest BCUT2D eigenvalue weighted by atomic mass is 10.1. The Morgan fingerprint density at radius 2 is 2.00 bits per heavy atom. The van der Waals surface area contributed by atoms with Crippen LogP contribution in [0.5, 0.6) is 0 Å². The fourth-order valence-corrected chi connectivity index (χ4v) is 3.03. The van der Waals surface area contributed by atoms with E-state index in [0.717, 1.165) is 5.69 Å². The lowest BCUT2D eigenvalue weighted by molar-refractivity contribution is -0.117. The fraction of sp³-hybridized carbons (Fsp3) is 0.467. The minimum atomic E-state index is -0.0172. The Labute approximate surface area is 127 Å². The third kappa shape index (κ3) is 2.87. The zero-order valence-corrected chi connectivity index (χ0v) is 13.4. The maximum absolute atomic E-state index is 12.5. The number of carbonyl (C=O) groups excluding carboxylic acids is 2. The van der Waals surface area contributed by atoms with Crippen LogP contribution >= 0.6 is 15.9 Å². The molecule has 0 saturated carbocycles. The van der Waals surface area contributed by atoms with Gasteiger partial charge in [-0.15, -0.1) is 0 Å². The van der Waals surface area contributed by atoms with Crippen LogP contribution in [0.25, 0.3) is 0 Å². The first-order valence-corrected chi connectivity index (χ1v) is 7.82. The van der Waals surface area contributed by atoms with E-state index in [0.29, 0.717) is 31.6 Å². The predicted molar refractivity (Wildman–Crippen MR) is 83.4 cm³/mol. The molecule has 2 amide bonds. The van der Waals surface area contributed by atoms with Gasteiger partial charge >= 0.3 is 0 Å². The van der Waals surface area contributed by atoms with Gasteiger partial charge in [-0.1, -0.05) is 28.1 Å². The van der Waals surface area contributed by atoms with Crippen molar-refractivity contribution < 1.29 is 9.59 Å². The van der Waals surface area contributed by atoms with Crippen molar-refractivity contribution >= 4 is 33.4 Å². The van der Waals surface area contributed by atoms with E-state index in [1.54, 1.807) is 15.9 Å². The molecule has 1 saturated heterocycles. The van der Waals surface area contributed by atoms with Gasteiger partial charge in [-0.25, -0.2) is 0 Å². The summed E-state index contributed by atoms with van der Waals surface area (Å²) in [5, 5.41) is 0. The van der Waals surface area contributed by atoms with Crippen LogP contribution in [0.4, 0.5) is 5.69 Å². The lowest BCUT2D eigenvalue weighted by Gasteiger charge is -2.24. The molecule has 108 valence electrons. The molecule has 0 aliphatic carbocycles. The molecule has 2 rings (SSSR count). The van der Waals surface area contributed by atoms with Gasteiger partial charge in [0.05, 0.1) is 11.3 Å². The summed E-state index contributed by atoms with van der Waals surface area (Å²) in [7, 11) is 0. The molecule has 0 bridgehead atoms. The predicted octanol–water partition coefficient (Wildman–Crippen LogP) is 2.67. The van der Waals surface area contributed by atoms with Gasteiger partial charge in [0.25, 0.3) is 5.91 Å². The highest BCUT2D eigenvalue weighted by molar-refractivity contribution is 9.09. The zero-order chi connectivity index (χ0) is 14.7. The third-order valence-corrected chi connectivity index (χ3v) is 4.17. The number of benzene rings is 1. The summed E-state index contributed by atoms with van der Waals surface area (Å²) in [6, 6.07) is 7.35. The molecule has 1 aromatic carbocycles. The molecule has 20 heavy (non-hydrogen) atoms. The van der Waals surface area contributed by atoms with Crippen LogP contribution < -0.4 is 4.90 Å². The van der Waals surface area contributed by atoms with Crippen molar-refractivity contribution in [2.24, 2.45) is 0 Å². The van der Waals surface area contributed by atoms with Crippen LogP contribution in [0.15, 0.2) is 24.3 Å². The van der Waals surface area contributed by atoms with Gasteiger partial charge in [0.2, 0.25) is 5.91 Å². The van der Waals surface area contributed by atoms with E-state index in [9.17, 15) is 9.59 Å². The minimum absolute atomic E-state index is 0.0172. The van der Waals surface area contributed by atoms with Crippen molar-refractivity contribution in [1.82, 2.24) is 4.90 Å². The number of anilines is 1. The molecule has 1 aliphatic heterocycles. The van der Waals surface area contributed by atoms with Crippen LogP contribution in [0, 0.1) is 0 Å². The first-order valence-electron chi connectivity index (χ1n) is 6.91. The van der Waals surface area contributed by atoms with E-state index in [4.69, 9.17) is 0 Å². The third-order valence-electron chi connectivity index (χ3n) is 3.55.